The molecule has 0 bridgehead atoms. The number of benzene rings is 1. The summed E-state index contributed by atoms with van der Waals surface area (Å²) in [4.78, 5) is 7.91. The van der Waals surface area contributed by atoms with Crippen LogP contribution in [0.3, 0.4) is 0 Å². The lowest BCUT2D eigenvalue weighted by Gasteiger charge is -2.13. The average Bonchev–Trinajstić information content (AvgIpc) is 2.55. The van der Waals surface area contributed by atoms with Crippen molar-refractivity contribution in [2.45, 2.75) is 11.3 Å². The smallest absolute Gasteiger partial charge is 0.278 e. The van der Waals surface area contributed by atoms with Gasteiger partial charge in [-0.3, -0.25) is 5.43 Å². The van der Waals surface area contributed by atoms with Crippen LogP contribution in [-0.2, 0) is 6.18 Å². The van der Waals surface area contributed by atoms with Gasteiger partial charge in [0.15, 0.2) is 5.16 Å². The minimum Gasteiger partial charge on any atom is -0.278 e. The molecule has 2 rings (SSSR count). The predicted octanol–water partition coefficient (Wildman–Crippen LogP) is 4.84. The number of halogens is 5. The zero-order valence-corrected chi connectivity index (χ0v) is 14.7. The molecule has 2 aromatic rings. The van der Waals surface area contributed by atoms with Gasteiger partial charge >= 0.3 is 6.18 Å². The largest absolute Gasteiger partial charge is 0.419 e. The first-order chi connectivity index (χ1) is 11.8. The Morgan fingerprint density at radius 1 is 1.28 bits per heavy atom. The van der Waals surface area contributed by atoms with Gasteiger partial charge in [-0.1, -0.05) is 41.0 Å². The summed E-state index contributed by atoms with van der Waals surface area (Å²) in [5, 5.41) is 12.9. The highest BCUT2D eigenvalue weighted by atomic mass is 35.5. The van der Waals surface area contributed by atoms with Gasteiger partial charge in [0.25, 0.3) is 0 Å². The van der Waals surface area contributed by atoms with Gasteiger partial charge in [-0.25, -0.2) is 9.97 Å². The predicted molar refractivity (Wildman–Crippen MR) is 91.2 cm³/mol. The monoisotopic (exact) mass is 405 g/mol. The Kier molecular flexibility index (Phi) is 6.11. The van der Waals surface area contributed by atoms with E-state index < -0.39 is 17.3 Å². The van der Waals surface area contributed by atoms with Crippen molar-refractivity contribution >= 4 is 46.9 Å². The van der Waals surface area contributed by atoms with Gasteiger partial charge in [-0.2, -0.15) is 23.5 Å². The summed E-state index contributed by atoms with van der Waals surface area (Å²) in [6, 6.07) is 5.03. The third kappa shape index (κ3) is 4.54. The summed E-state index contributed by atoms with van der Waals surface area (Å²) >= 11 is 13.1. The number of alkyl halides is 3. The van der Waals surface area contributed by atoms with Gasteiger partial charge in [0.1, 0.15) is 10.3 Å². The van der Waals surface area contributed by atoms with Crippen LogP contribution in [-0.4, -0.2) is 22.4 Å². The highest BCUT2D eigenvalue weighted by Gasteiger charge is 2.36. The quantitative estimate of drug-likeness (QED) is 0.259. The van der Waals surface area contributed by atoms with Crippen LogP contribution in [0.2, 0.25) is 10.3 Å². The molecule has 0 fully saturated rings. The van der Waals surface area contributed by atoms with E-state index in [0.717, 1.165) is 18.3 Å². The molecular formula is C14H8Cl2F3N5S. The molecule has 11 heteroatoms. The number of hydrazone groups is 1. The van der Waals surface area contributed by atoms with Crippen LogP contribution in [0.5, 0.6) is 0 Å². The minimum absolute atomic E-state index is 0.0109. The molecule has 0 amide bonds. The molecule has 130 valence electrons. The zero-order valence-electron chi connectivity index (χ0n) is 12.4. The summed E-state index contributed by atoms with van der Waals surface area (Å²) < 4.78 is 39.5. The minimum atomic E-state index is -4.72. The standard InChI is InChI=1S/C14H8Cl2F3N5S/c1-25-13-22-11(15)8(12(16)23-13)6-21-24-9-4-2-3-7(5-20)10(9)14(17,18)19/h2-4,6,24H,1H3/b21-6+. The Hall–Kier alpha value is -2.02. The van der Waals surface area contributed by atoms with Gasteiger partial charge in [0.05, 0.1) is 34.7 Å². The lowest BCUT2D eigenvalue weighted by Crippen LogP contribution is -2.11. The fourth-order valence-electron chi connectivity index (χ4n) is 1.81. The van der Waals surface area contributed by atoms with Crippen molar-refractivity contribution in [3.8, 4) is 6.07 Å². The molecule has 0 aliphatic carbocycles. The van der Waals surface area contributed by atoms with E-state index in [0.29, 0.717) is 5.16 Å². The van der Waals surface area contributed by atoms with Crippen LogP contribution in [0.4, 0.5) is 18.9 Å². The van der Waals surface area contributed by atoms with Crippen molar-refractivity contribution in [3.63, 3.8) is 0 Å². The molecule has 0 saturated carbocycles. The second-order valence-electron chi connectivity index (χ2n) is 4.41. The molecule has 1 aromatic carbocycles. The molecule has 0 atom stereocenters. The van der Waals surface area contributed by atoms with E-state index in [-0.39, 0.29) is 21.6 Å². The van der Waals surface area contributed by atoms with E-state index in [1.807, 2.05) is 0 Å². The van der Waals surface area contributed by atoms with Crippen LogP contribution < -0.4 is 5.43 Å². The van der Waals surface area contributed by atoms with Crippen LogP contribution >= 0.6 is 35.0 Å². The Morgan fingerprint density at radius 3 is 2.44 bits per heavy atom. The second kappa shape index (κ2) is 7.91. The first kappa shape index (κ1) is 19.3. The second-order valence-corrected chi connectivity index (χ2v) is 5.90. The number of nitrogens with zero attached hydrogens (tertiary/aromatic N) is 4. The Balaban J connectivity index is 2.34. The third-order valence-corrected chi connectivity index (χ3v) is 3.99. The average molecular weight is 406 g/mol. The molecule has 1 heterocycles. The van der Waals surface area contributed by atoms with E-state index in [1.54, 1.807) is 6.26 Å². The van der Waals surface area contributed by atoms with Crippen LogP contribution in [0.15, 0.2) is 28.5 Å². The third-order valence-electron chi connectivity index (χ3n) is 2.86. The van der Waals surface area contributed by atoms with Crippen molar-refractivity contribution < 1.29 is 13.2 Å². The highest BCUT2D eigenvalue weighted by Crippen LogP contribution is 2.37. The van der Waals surface area contributed by atoms with Gasteiger partial charge in [-0.15, -0.1) is 0 Å². The van der Waals surface area contributed by atoms with E-state index in [1.165, 1.54) is 23.9 Å². The van der Waals surface area contributed by atoms with Crippen LogP contribution in [0.25, 0.3) is 0 Å². The normalized spacial score (nSPS) is 11.6. The molecule has 1 aromatic heterocycles. The molecule has 0 aliphatic heterocycles. The SMILES string of the molecule is CSc1nc(Cl)c(/C=N/Nc2cccc(C#N)c2C(F)(F)F)c(Cl)n1. The van der Waals surface area contributed by atoms with E-state index in [9.17, 15) is 13.2 Å². The topological polar surface area (TPSA) is 74.0 Å². The fourth-order valence-corrected chi connectivity index (χ4v) is 2.76. The van der Waals surface area contributed by atoms with Crippen molar-refractivity contribution in [2.24, 2.45) is 5.10 Å². The molecule has 0 aliphatic rings. The molecule has 5 nitrogen and oxygen atoms in total. The van der Waals surface area contributed by atoms with Gasteiger partial charge in [-0.05, 0) is 18.4 Å². The summed E-state index contributed by atoms with van der Waals surface area (Å²) in [7, 11) is 0. The van der Waals surface area contributed by atoms with Crippen LogP contribution in [0, 0.1) is 11.3 Å². The highest BCUT2D eigenvalue weighted by molar-refractivity contribution is 7.98. The zero-order chi connectivity index (χ0) is 18.6. The lowest BCUT2D eigenvalue weighted by molar-refractivity contribution is -0.137. The van der Waals surface area contributed by atoms with Gasteiger partial charge < -0.3 is 0 Å². The number of anilines is 1. The van der Waals surface area contributed by atoms with Crippen molar-refractivity contribution in [2.75, 3.05) is 11.7 Å². The summed E-state index contributed by atoms with van der Waals surface area (Å²) in [5.74, 6) is 0. The number of thioether (sulfide) groups is 1. The van der Waals surface area contributed by atoms with Crippen molar-refractivity contribution in [3.05, 3.63) is 45.2 Å². The van der Waals surface area contributed by atoms with E-state index in [2.05, 4.69) is 20.5 Å². The van der Waals surface area contributed by atoms with E-state index >= 15 is 0 Å². The first-order valence-electron chi connectivity index (χ1n) is 6.44. The lowest BCUT2D eigenvalue weighted by atomic mass is 10.1. The number of nitriles is 1. The molecule has 0 unspecified atom stereocenters. The maximum atomic E-state index is 13.2. The first-order valence-corrected chi connectivity index (χ1v) is 8.42. The van der Waals surface area contributed by atoms with E-state index in [4.69, 9.17) is 28.5 Å². The molecular weight excluding hydrogens is 398 g/mol. The fraction of sp³-hybridized carbons (Fsp3) is 0.143. The Morgan fingerprint density at radius 2 is 1.92 bits per heavy atom. The van der Waals surface area contributed by atoms with Crippen molar-refractivity contribution in [1.82, 2.24) is 9.97 Å². The molecule has 25 heavy (non-hydrogen) atoms. The Labute approximate surface area is 154 Å². The summed E-state index contributed by atoms with van der Waals surface area (Å²) in [6.45, 7) is 0. The summed E-state index contributed by atoms with van der Waals surface area (Å²) in [6.07, 6.45) is -1.88. The maximum absolute atomic E-state index is 13.2. The van der Waals surface area contributed by atoms with Crippen LogP contribution in [0.1, 0.15) is 16.7 Å². The molecule has 0 spiro atoms. The number of hydrogen-bond donors (Lipinski definition) is 1. The number of rotatable bonds is 4. The Bertz CT molecular complexity index is 842. The number of hydrogen-bond acceptors (Lipinski definition) is 6. The van der Waals surface area contributed by atoms with Gasteiger partial charge in [0, 0.05) is 0 Å². The van der Waals surface area contributed by atoms with Crippen molar-refractivity contribution in [1.29, 1.82) is 5.26 Å². The summed E-state index contributed by atoms with van der Waals surface area (Å²) in [5.41, 5.74) is 0.392. The number of aromatic nitrogens is 2. The van der Waals surface area contributed by atoms with Gasteiger partial charge in [0.2, 0.25) is 0 Å². The molecule has 0 radical (unpaired) electrons. The molecule has 1 N–H and O–H groups in total. The maximum Gasteiger partial charge on any atom is 0.419 e. The molecule has 0 saturated heterocycles. The number of nitrogens with one attached hydrogen (secondary N) is 1.